The van der Waals surface area contributed by atoms with Gasteiger partial charge in [-0.1, -0.05) is 12.1 Å². The van der Waals surface area contributed by atoms with E-state index in [-0.39, 0.29) is 0 Å². The minimum Gasteiger partial charge on any atom is -0.497 e. The number of aliphatic imine (C=N–C) groups is 1. The van der Waals surface area contributed by atoms with Crippen molar-refractivity contribution in [3.63, 3.8) is 0 Å². The number of hydrogen-bond acceptors (Lipinski definition) is 6. The summed E-state index contributed by atoms with van der Waals surface area (Å²) in [6.45, 7) is 0.610. The molecule has 0 saturated carbocycles. The number of methoxy groups -OCH3 is 1. The van der Waals surface area contributed by atoms with E-state index in [2.05, 4.69) is 20.1 Å². The molecule has 4 rings (SSSR count). The lowest BCUT2D eigenvalue weighted by atomic mass is 10.2. The monoisotopic (exact) mass is 340 g/mol. The smallest absolute Gasteiger partial charge is 0.187 e. The standard InChI is InChI=1S/C16H16N6OS/c1-23-12-4-2-3-11(7-12)8-22-9-13-14(17)19-16(20-15(13)21-22)24-6-5-18-10-24/h2-7,9-10,24H,8H2,1H3,(H2,17,19,20,21). The third-order valence-electron chi connectivity index (χ3n) is 3.66. The number of rotatable bonds is 4. The SMILES string of the molecule is COc1cccc(Cn2cc3c(N)nc([SH]4C=CN=C4)nc3n2)c1. The molecular weight excluding hydrogens is 324 g/mol. The molecule has 7 nitrogen and oxygen atoms in total. The molecule has 1 unspecified atom stereocenters. The molecule has 2 N–H and O–H groups in total. The molecule has 1 aliphatic rings. The van der Waals surface area contributed by atoms with Crippen LogP contribution in [0.3, 0.4) is 0 Å². The summed E-state index contributed by atoms with van der Waals surface area (Å²) in [6, 6.07) is 7.88. The maximum Gasteiger partial charge on any atom is 0.187 e. The normalized spacial score (nSPS) is 17.6. The molecule has 3 aromatic rings. The average Bonchev–Trinajstić information content (AvgIpc) is 3.24. The molecular formula is C16H16N6OS. The van der Waals surface area contributed by atoms with Crippen molar-refractivity contribution in [2.45, 2.75) is 11.7 Å². The predicted molar refractivity (Wildman–Crippen MR) is 96.7 cm³/mol. The number of ether oxygens (including phenoxy) is 1. The van der Waals surface area contributed by atoms with Gasteiger partial charge >= 0.3 is 0 Å². The Kier molecular flexibility index (Phi) is 3.66. The first-order valence-electron chi connectivity index (χ1n) is 7.35. The van der Waals surface area contributed by atoms with Crippen molar-refractivity contribution in [3.8, 4) is 5.75 Å². The summed E-state index contributed by atoms with van der Waals surface area (Å²) in [5.41, 5.74) is 9.64. The molecule has 2 aromatic heterocycles. The summed E-state index contributed by atoms with van der Waals surface area (Å²) in [5.74, 6) is 1.27. The van der Waals surface area contributed by atoms with Gasteiger partial charge < -0.3 is 10.5 Å². The number of nitrogens with zero attached hydrogens (tertiary/aromatic N) is 5. The quantitative estimate of drug-likeness (QED) is 0.562. The van der Waals surface area contributed by atoms with Crippen LogP contribution < -0.4 is 10.5 Å². The fraction of sp³-hybridized carbons (Fsp3) is 0.125. The zero-order chi connectivity index (χ0) is 16.5. The van der Waals surface area contributed by atoms with E-state index in [0.29, 0.717) is 23.2 Å². The summed E-state index contributed by atoms with van der Waals surface area (Å²) in [7, 11) is 0.939. The van der Waals surface area contributed by atoms with Crippen molar-refractivity contribution in [3.05, 3.63) is 47.6 Å². The van der Waals surface area contributed by atoms with Gasteiger partial charge in [-0.05, 0) is 23.1 Å². The van der Waals surface area contributed by atoms with Crippen LogP contribution in [0, 0.1) is 0 Å². The van der Waals surface area contributed by atoms with E-state index in [1.165, 1.54) is 0 Å². The number of anilines is 1. The molecule has 1 aliphatic heterocycles. The summed E-state index contributed by atoms with van der Waals surface area (Å²) < 4.78 is 7.07. The molecule has 122 valence electrons. The first-order chi connectivity index (χ1) is 11.7. The number of fused-ring (bicyclic) bond motifs is 1. The van der Waals surface area contributed by atoms with Crippen molar-refractivity contribution >= 4 is 33.3 Å². The van der Waals surface area contributed by atoms with Crippen LogP contribution in [-0.4, -0.2) is 32.4 Å². The first-order valence-corrected chi connectivity index (χ1v) is 8.83. The van der Waals surface area contributed by atoms with Gasteiger partial charge in [0.15, 0.2) is 10.8 Å². The molecule has 0 radical (unpaired) electrons. The summed E-state index contributed by atoms with van der Waals surface area (Å²) >= 11 is 0. The number of thiol groups is 1. The van der Waals surface area contributed by atoms with E-state index in [1.54, 1.807) is 13.3 Å². The lowest BCUT2D eigenvalue weighted by Gasteiger charge is -2.06. The van der Waals surface area contributed by atoms with Crippen molar-refractivity contribution in [1.82, 2.24) is 19.7 Å². The van der Waals surface area contributed by atoms with E-state index in [0.717, 1.165) is 16.7 Å². The highest BCUT2D eigenvalue weighted by atomic mass is 32.2. The van der Waals surface area contributed by atoms with Gasteiger partial charge in [0.25, 0.3) is 0 Å². The van der Waals surface area contributed by atoms with E-state index >= 15 is 0 Å². The zero-order valence-electron chi connectivity index (χ0n) is 13.0. The van der Waals surface area contributed by atoms with Crippen molar-refractivity contribution < 1.29 is 4.74 Å². The Balaban J connectivity index is 1.68. The van der Waals surface area contributed by atoms with Gasteiger partial charge in [0.1, 0.15) is 11.6 Å². The van der Waals surface area contributed by atoms with Crippen molar-refractivity contribution in [2.75, 3.05) is 12.8 Å². The van der Waals surface area contributed by atoms with Crippen LogP contribution in [0.1, 0.15) is 5.56 Å². The predicted octanol–water partition coefficient (Wildman–Crippen LogP) is 2.34. The van der Waals surface area contributed by atoms with Crippen LogP contribution >= 0.6 is 10.9 Å². The second-order valence-corrected chi connectivity index (χ2v) is 7.04. The summed E-state index contributed by atoms with van der Waals surface area (Å²) in [5, 5.41) is 7.97. The largest absolute Gasteiger partial charge is 0.497 e. The van der Waals surface area contributed by atoms with Gasteiger partial charge in [0.05, 0.1) is 24.6 Å². The molecule has 0 bridgehead atoms. The third kappa shape index (κ3) is 2.71. The zero-order valence-corrected chi connectivity index (χ0v) is 13.9. The fourth-order valence-electron chi connectivity index (χ4n) is 2.49. The van der Waals surface area contributed by atoms with E-state index in [9.17, 15) is 0 Å². The number of nitrogens with two attached hydrogens (primary N) is 1. The van der Waals surface area contributed by atoms with Crippen LogP contribution in [0.4, 0.5) is 5.82 Å². The van der Waals surface area contributed by atoms with E-state index in [1.807, 2.05) is 46.1 Å². The topological polar surface area (TPSA) is 91.2 Å². The van der Waals surface area contributed by atoms with Crippen LogP contribution in [-0.2, 0) is 6.54 Å². The Morgan fingerprint density at radius 2 is 2.21 bits per heavy atom. The Bertz CT molecular complexity index is 952. The Labute approximate surface area is 141 Å². The van der Waals surface area contributed by atoms with Gasteiger partial charge in [-0.25, -0.2) is 9.97 Å². The number of benzene rings is 1. The van der Waals surface area contributed by atoms with Crippen LogP contribution in [0.15, 0.2) is 52.2 Å². The first kappa shape index (κ1) is 14.7. The van der Waals surface area contributed by atoms with E-state index in [4.69, 9.17) is 10.5 Å². The second kappa shape index (κ2) is 5.97. The molecule has 1 aromatic carbocycles. The number of hydrogen-bond donors (Lipinski definition) is 2. The second-order valence-electron chi connectivity index (χ2n) is 5.29. The molecule has 0 saturated heterocycles. The highest BCUT2D eigenvalue weighted by Gasteiger charge is 2.14. The molecule has 0 amide bonds. The van der Waals surface area contributed by atoms with Crippen molar-refractivity contribution in [2.24, 2.45) is 4.99 Å². The highest BCUT2D eigenvalue weighted by Crippen LogP contribution is 2.36. The van der Waals surface area contributed by atoms with Crippen LogP contribution in [0.5, 0.6) is 5.75 Å². The minimum absolute atomic E-state index is 0.447. The lowest BCUT2D eigenvalue weighted by Crippen LogP contribution is -2.00. The van der Waals surface area contributed by atoms with Gasteiger partial charge in [0.2, 0.25) is 0 Å². The maximum absolute atomic E-state index is 6.09. The van der Waals surface area contributed by atoms with Crippen LogP contribution in [0.2, 0.25) is 0 Å². The third-order valence-corrected chi connectivity index (χ3v) is 5.16. The molecule has 3 heterocycles. The number of nitrogen functional groups attached to an aromatic ring is 1. The van der Waals surface area contributed by atoms with E-state index < -0.39 is 10.9 Å². The summed E-state index contributed by atoms with van der Waals surface area (Å²) in [4.78, 5) is 13.1. The van der Waals surface area contributed by atoms with Crippen LogP contribution in [0.25, 0.3) is 11.0 Å². The maximum atomic E-state index is 6.09. The number of aromatic nitrogens is 4. The van der Waals surface area contributed by atoms with Gasteiger partial charge in [-0.3, -0.25) is 9.67 Å². The highest BCUT2D eigenvalue weighted by molar-refractivity contribution is 8.30. The molecule has 24 heavy (non-hydrogen) atoms. The average molecular weight is 340 g/mol. The molecule has 8 heteroatoms. The Morgan fingerprint density at radius 1 is 1.29 bits per heavy atom. The fourth-order valence-corrected chi connectivity index (χ4v) is 3.68. The van der Waals surface area contributed by atoms with Gasteiger partial charge in [0, 0.05) is 12.4 Å². The van der Waals surface area contributed by atoms with Gasteiger partial charge in [-0.2, -0.15) is 5.10 Å². The molecule has 0 spiro atoms. The molecule has 1 atom stereocenters. The summed E-state index contributed by atoms with van der Waals surface area (Å²) in [6.07, 6.45) is 3.64. The van der Waals surface area contributed by atoms with Gasteiger partial charge in [-0.15, -0.1) is 10.9 Å². The molecule has 0 fully saturated rings. The molecule has 0 aliphatic carbocycles. The Hall–Kier alpha value is -2.87. The van der Waals surface area contributed by atoms with Crippen molar-refractivity contribution in [1.29, 1.82) is 0 Å². The Morgan fingerprint density at radius 3 is 3.00 bits per heavy atom. The minimum atomic E-state index is -0.715. The lowest BCUT2D eigenvalue weighted by molar-refractivity contribution is 0.414.